The van der Waals surface area contributed by atoms with E-state index < -0.39 is 65.7 Å². The molecule has 0 fully saturated rings. The van der Waals surface area contributed by atoms with Crippen LogP contribution in [0, 0.1) is 10.4 Å². The van der Waals surface area contributed by atoms with E-state index in [2.05, 4.69) is 30.7 Å². The average molecular weight is 1040 g/mol. The van der Waals surface area contributed by atoms with Crippen molar-refractivity contribution >= 4 is 98.1 Å². The molecule has 0 amide bonds. The van der Waals surface area contributed by atoms with Crippen LogP contribution in [0.5, 0.6) is 0 Å². The Morgan fingerprint density at radius 2 is 0.647 bits per heavy atom. The summed E-state index contributed by atoms with van der Waals surface area (Å²) in [6.45, 7) is 0. The number of rotatable bonds is 14. The molecule has 6 aromatic rings. The Morgan fingerprint density at radius 3 is 1.04 bits per heavy atom. The van der Waals surface area contributed by atoms with E-state index in [0.717, 1.165) is 72.8 Å². The molecule has 0 atom stereocenters. The van der Waals surface area contributed by atoms with Crippen LogP contribution in [0.3, 0.4) is 0 Å². The molecule has 0 aliphatic carbocycles. The van der Waals surface area contributed by atoms with Crippen molar-refractivity contribution < 1.29 is 180 Å². The SMILES string of the molecule is O=S(=O)([O-])c1ccc(N=Nc2ccc(N=Nc3ccc(C=Cc4ccc([N+]([O-])=Nc5ccc([N+]([O-])=Nc6ccc(S(=O)(=O)[O-])cc6)cc5)cc4S(=O)(=O)[O-])c(S(=O)(=O)[O-])c3)cc2)cc1.[Na+].[Na+].[Na+].[Na+]. The van der Waals surface area contributed by atoms with Gasteiger partial charge in [-0.25, -0.2) is 33.7 Å². The molecule has 0 aromatic heterocycles. The molecule has 0 saturated carbocycles. The van der Waals surface area contributed by atoms with Crippen LogP contribution in [-0.2, 0) is 40.5 Å². The van der Waals surface area contributed by atoms with Crippen molar-refractivity contribution in [2.45, 2.75) is 19.6 Å². The summed E-state index contributed by atoms with van der Waals surface area (Å²) in [6, 6.07) is 26.2. The molecule has 68 heavy (non-hydrogen) atoms. The molecule has 0 unspecified atom stereocenters. The van der Waals surface area contributed by atoms with Crippen LogP contribution < -0.4 is 118 Å². The van der Waals surface area contributed by atoms with Gasteiger partial charge in [-0.1, -0.05) is 27.9 Å². The fourth-order valence-electron chi connectivity index (χ4n) is 5.26. The Balaban J connectivity index is 0.00000397. The van der Waals surface area contributed by atoms with Gasteiger partial charge in [0.25, 0.3) is 0 Å². The molecule has 6 aromatic carbocycles. The minimum atomic E-state index is -5.27. The van der Waals surface area contributed by atoms with E-state index in [9.17, 15) is 62.3 Å². The van der Waals surface area contributed by atoms with Gasteiger partial charge in [0.2, 0.25) is 11.4 Å². The van der Waals surface area contributed by atoms with Crippen LogP contribution in [0.2, 0.25) is 0 Å². The van der Waals surface area contributed by atoms with Crippen molar-refractivity contribution in [3.05, 3.63) is 155 Å². The Labute approximate surface area is 477 Å². The first-order valence-electron chi connectivity index (χ1n) is 17.4. The predicted octanol–water partition coefficient (Wildman–Crippen LogP) is -3.83. The van der Waals surface area contributed by atoms with Crippen LogP contribution in [0.4, 0.5) is 45.5 Å². The van der Waals surface area contributed by atoms with Crippen molar-refractivity contribution in [3.63, 3.8) is 0 Å². The van der Waals surface area contributed by atoms with Gasteiger partial charge in [0.15, 0.2) is 0 Å². The summed E-state index contributed by atoms with van der Waals surface area (Å²) in [7, 11) is -19.8. The first kappa shape index (κ1) is 60.8. The second kappa shape index (κ2) is 25.7. The molecule has 30 heteroatoms. The van der Waals surface area contributed by atoms with E-state index in [1.165, 1.54) is 72.8 Å². The number of benzene rings is 6. The minimum Gasteiger partial charge on any atom is -0.744 e. The molecular weight excluding hydrogens is 1010 g/mol. The van der Waals surface area contributed by atoms with Gasteiger partial charge in [0.05, 0.1) is 42.3 Å². The summed E-state index contributed by atoms with van der Waals surface area (Å²) in [5.41, 5.74) is -0.117. The van der Waals surface area contributed by atoms with Gasteiger partial charge in [-0.05, 0) is 114 Å². The molecule has 0 N–H and O–H groups in total. The van der Waals surface area contributed by atoms with E-state index >= 15 is 0 Å². The topological polar surface area (TPSA) is 355 Å². The molecule has 0 saturated heterocycles. The standard InChI is InChI=1S/C38H28N8O14S4.4Na/c47-45(43-31-14-21-36(22-15-31)62(52,53)54)33-17-10-30(11-18-33)44-46(48)34-16-4-26(38(24-34)64(58,59)60)2-1-25-3-5-32(23-37(25)63(55,56)57)42-41-28-8-6-27(7-9-28)39-40-29-12-19-35(20-13-29)61(49,50)51;;;;/h1-24H,(H,49,50,51)(H,52,53,54)(H,55,56,57)(H,58,59,60);;;;/q;4*+1/p-4. The largest absolute Gasteiger partial charge is 1.00 e. The van der Waals surface area contributed by atoms with Crippen LogP contribution in [-0.4, -0.2) is 61.6 Å². The normalized spacial score (nSPS) is 12.5. The van der Waals surface area contributed by atoms with Crippen LogP contribution in [0.15, 0.2) is 184 Å². The molecular formula is C38H24N8Na4O14S4. The number of hydrogen-bond acceptors (Lipinski definition) is 20. The van der Waals surface area contributed by atoms with Crippen LogP contribution >= 0.6 is 0 Å². The smallest absolute Gasteiger partial charge is 0.744 e. The molecule has 328 valence electrons. The average Bonchev–Trinajstić information content (AvgIpc) is 3.24. The van der Waals surface area contributed by atoms with E-state index in [1.54, 1.807) is 0 Å². The Hall–Kier alpha value is -3.30. The zero-order valence-electron chi connectivity index (χ0n) is 35.8. The second-order valence-corrected chi connectivity index (χ2v) is 18.2. The quantitative estimate of drug-likeness (QED) is 0.0252. The van der Waals surface area contributed by atoms with Gasteiger partial charge in [-0.15, -0.1) is 0 Å². The molecule has 0 spiro atoms. The predicted molar refractivity (Wildman–Crippen MR) is 219 cm³/mol. The van der Waals surface area contributed by atoms with Gasteiger partial charge in [-0.3, -0.25) is 0 Å². The van der Waals surface area contributed by atoms with Gasteiger partial charge < -0.3 is 28.6 Å². The minimum absolute atomic E-state index is 0. The van der Waals surface area contributed by atoms with Gasteiger partial charge in [-0.2, -0.15) is 20.5 Å². The third-order valence-corrected chi connectivity index (χ3v) is 11.8. The molecule has 6 rings (SSSR count). The Morgan fingerprint density at radius 1 is 0.353 bits per heavy atom. The van der Waals surface area contributed by atoms with Crippen molar-refractivity contribution in [2.75, 3.05) is 0 Å². The number of nitrogens with zero attached hydrogens (tertiary/aromatic N) is 8. The molecule has 0 radical (unpaired) electrons. The molecule has 0 heterocycles. The zero-order valence-corrected chi connectivity index (χ0v) is 47.0. The zero-order chi connectivity index (χ0) is 46.5. The van der Waals surface area contributed by atoms with Crippen LogP contribution in [0.1, 0.15) is 11.1 Å². The first-order valence-corrected chi connectivity index (χ1v) is 23.1. The number of hydrogen-bond donors (Lipinski definition) is 0. The Bertz CT molecular complexity index is 3390. The third kappa shape index (κ3) is 17.2. The maximum absolute atomic E-state index is 12.9. The maximum atomic E-state index is 12.9. The Kier molecular flexibility index (Phi) is 23.0. The van der Waals surface area contributed by atoms with Crippen molar-refractivity contribution in [3.8, 4) is 0 Å². The molecule has 0 aliphatic rings. The van der Waals surface area contributed by atoms with E-state index in [1.807, 2.05) is 0 Å². The monoisotopic (exact) mass is 1040 g/mol. The maximum Gasteiger partial charge on any atom is 1.00 e. The fourth-order valence-corrected chi connectivity index (χ4v) is 7.58. The van der Waals surface area contributed by atoms with E-state index in [-0.39, 0.29) is 173 Å². The van der Waals surface area contributed by atoms with Gasteiger partial charge in [0.1, 0.15) is 51.8 Å². The molecule has 0 bridgehead atoms. The molecule has 0 aliphatic heterocycles. The summed E-state index contributed by atoms with van der Waals surface area (Å²) in [5.74, 6) is 0. The summed E-state index contributed by atoms with van der Waals surface area (Å²) in [5, 5.41) is 48.9. The summed E-state index contributed by atoms with van der Waals surface area (Å²) < 4.78 is 140. The van der Waals surface area contributed by atoms with Gasteiger partial charge in [0, 0.05) is 34.5 Å². The first-order chi connectivity index (χ1) is 30.0. The summed E-state index contributed by atoms with van der Waals surface area (Å²) in [6.07, 6.45) is 2.09. The second-order valence-electron chi connectivity index (χ2n) is 12.8. The fraction of sp³-hybridized carbons (Fsp3) is 0. The van der Waals surface area contributed by atoms with E-state index in [0.29, 0.717) is 5.69 Å². The summed E-state index contributed by atoms with van der Waals surface area (Å²) >= 11 is 0. The van der Waals surface area contributed by atoms with E-state index in [4.69, 9.17) is 0 Å². The van der Waals surface area contributed by atoms with Crippen LogP contribution in [0.25, 0.3) is 12.2 Å². The third-order valence-electron chi connectivity index (χ3n) is 8.34. The van der Waals surface area contributed by atoms with Crippen molar-refractivity contribution in [1.29, 1.82) is 0 Å². The van der Waals surface area contributed by atoms with Crippen molar-refractivity contribution in [1.82, 2.24) is 0 Å². The number of azo groups is 4. The summed E-state index contributed by atoms with van der Waals surface area (Å²) in [4.78, 5) is -2.43. The van der Waals surface area contributed by atoms with Gasteiger partial charge >= 0.3 is 118 Å². The molecule has 22 nitrogen and oxygen atoms in total. The van der Waals surface area contributed by atoms with Crippen molar-refractivity contribution in [2.24, 2.45) is 30.7 Å².